The Bertz CT molecular complexity index is 1040. The van der Waals surface area contributed by atoms with Crippen molar-refractivity contribution in [2.24, 2.45) is 5.92 Å². The van der Waals surface area contributed by atoms with Gasteiger partial charge in [0.1, 0.15) is 16.1 Å². The number of sulfonamides is 1. The van der Waals surface area contributed by atoms with Crippen LogP contribution < -0.4 is 10.0 Å². The molecule has 0 radical (unpaired) electrons. The SMILES string of the molecule is CC(C)C(NS(=O)(=O)c1cccs1)C(=O)N1CCN(CC(=O)Nc2cccc(F)c2)CC1. The Morgan fingerprint density at radius 3 is 2.44 bits per heavy atom. The molecule has 1 aromatic carbocycles. The maximum atomic E-state index is 13.3. The van der Waals surface area contributed by atoms with Crippen molar-refractivity contribution < 1.29 is 22.4 Å². The van der Waals surface area contributed by atoms with Gasteiger partial charge in [0.15, 0.2) is 0 Å². The summed E-state index contributed by atoms with van der Waals surface area (Å²) in [7, 11) is -3.77. The molecule has 2 N–H and O–H groups in total. The standard InChI is InChI=1S/C21H27FN4O4S2/c1-15(2)20(24-32(29,30)19-7-4-12-31-19)21(28)26-10-8-25(9-11-26)14-18(27)23-17-6-3-5-16(22)13-17/h3-7,12-13,15,20,24H,8-11,14H2,1-2H3,(H,23,27). The minimum Gasteiger partial charge on any atom is -0.339 e. The number of thiophene rings is 1. The predicted octanol–water partition coefficient (Wildman–Crippen LogP) is 1.97. The van der Waals surface area contributed by atoms with E-state index >= 15 is 0 Å². The Kier molecular flexibility index (Phi) is 7.99. The Morgan fingerprint density at radius 2 is 1.84 bits per heavy atom. The number of nitrogens with zero attached hydrogens (tertiary/aromatic N) is 2. The van der Waals surface area contributed by atoms with Crippen LogP contribution in [0, 0.1) is 11.7 Å². The number of carbonyl (C=O) groups excluding carboxylic acids is 2. The molecule has 0 spiro atoms. The molecule has 11 heteroatoms. The summed E-state index contributed by atoms with van der Waals surface area (Å²) in [5.41, 5.74) is 0.390. The number of anilines is 1. The smallest absolute Gasteiger partial charge is 0.250 e. The first-order chi connectivity index (χ1) is 15.2. The molecule has 1 aromatic heterocycles. The van der Waals surface area contributed by atoms with E-state index in [1.807, 2.05) is 4.90 Å². The van der Waals surface area contributed by atoms with Gasteiger partial charge in [-0.2, -0.15) is 4.72 Å². The minimum atomic E-state index is -3.77. The molecule has 0 bridgehead atoms. The van der Waals surface area contributed by atoms with Gasteiger partial charge in [0.05, 0.1) is 6.54 Å². The van der Waals surface area contributed by atoms with E-state index in [2.05, 4.69) is 10.0 Å². The second-order valence-corrected chi connectivity index (χ2v) is 10.8. The number of rotatable bonds is 8. The summed E-state index contributed by atoms with van der Waals surface area (Å²) in [6.45, 7) is 5.44. The number of carbonyl (C=O) groups is 2. The van der Waals surface area contributed by atoms with E-state index in [0.717, 1.165) is 11.3 Å². The van der Waals surface area contributed by atoms with Gasteiger partial charge in [0.25, 0.3) is 10.0 Å². The molecular formula is C21H27FN4O4S2. The second kappa shape index (κ2) is 10.5. The van der Waals surface area contributed by atoms with Crippen LogP contribution in [-0.4, -0.2) is 68.8 Å². The van der Waals surface area contributed by atoms with Gasteiger partial charge in [-0.25, -0.2) is 12.8 Å². The molecule has 32 heavy (non-hydrogen) atoms. The lowest BCUT2D eigenvalue weighted by molar-refractivity contribution is -0.135. The zero-order valence-electron chi connectivity index (χ0n) is 18.0. The van der Waals surface area contributed by atoms with Crippen molar-refractivity contribution in [1.29, 1.82) is 0 Å². The van der Waals surface area contributed by atoms with E-state index in [0.29, 0.717) is 31.9 Å². The molecule has 2 heterocycles. The largest absolute Gasteiger partial charge is 0.339 e. The highest BCUT2D eigenvalue weighted by Crippen LogP contribution is 2.18. The molecule has 2 aromatic rings. The third-order valence-electron chi connectivity index (χ3n) is 5.13. The zero-order chi connectivity index (χ0) is 23.3. The number of halogens is 1. The molecule has 0 aliphatic carbocycles. The number of piperazine rings is 1. The van der Waals surface area contributed by atoms with Gasteiger partial charge in [-0.3, -0.25) is 14.5 Å². The third-order valence-corrected chi connectivity index (χ3v) is 7.97. The Labute approximate surface area is 191 Å². The van der Waals surface area contributed by atoms with Crippen LogP contribution in [0.1, 0.15) is 13.8 Å². The molecule has 1 saturated heterocycles. The molecule has 174 valence electrons. The number of hydrogen-bond acceptors (Lipinski definition) is 6. The lowest BCUT2D eigenvalue weighted by Gasteiger charge is -2.36. The second-order valence-electron chi connectivity index (χ2n) is 7.94. The first kappa shape index (κ1) is 24.3. The average Bonchev–Trinajstić information content (AvgIpc) is 3.28. The highest BCUT2D eigenvalue weighted by Gasteiger charge is 2.33. The van der Waals surface area contributed by atoms with Crippen molar-refractivity contribution in [3.63, 3.8) is 0 Å². The summed E-state index contributed by atoms with van der Waals surface area (Å²) < 4.78 is 41.2. The summed E-state index contributed by atoms with van der Waals surface area (Å²) in [4.78, 5) is 28.8. The van der Waals surface area contributed by atoms with Crippen LogP contribution in [0.3, 0.4) is 0 Å². The number of benzene rings is 1. The number of amides is 2. The maximum absolute atomic E-state index is 13.3. The predicted molar refractivity (Wildman–Crippen MR) is 121 cm³/mol. The Balaban J connectivity index is 1.53. The summed E-state index contributed by atoms with van der Waals surface area (Å²) in [5.74, 6) is -1.19. The fourth-order valence-corrected chi connectivity index (χ4v) is 5.75. The van der Waals surface area contributed by atoms with Gasteiger partial charge < -0.3 is 10.2 Å². The van der Waals surface area contributed by atoms with Gasteiger partial charge in [0.2, 0.25) is 11.8 Å². The van der Waals surface area contributed by atoms with Crippen molar-refractivity contribution in [3.8, 4) is 0 Å². The normalized spacial score (nSPS) is 16.2. The Morgan fingerprint density at radius 1 is 1.12 bits per heavy atom. The summed E-state index contributed by atoms with van der Waals surface area (Å²) in [5, 5.41) is 4.33. The van der Waals surface area contributed by atoms with E-state index in [1.165, 1.54) is 24.3 Å². The van der Waals surface area contributed by atoms with E-state index < -0.39 is 21.9 Å². The van der Waals surface area contributed by atoms with Crippen molar-refractivity contribution in [1.82, 2.24) is 14.5 Å². The lowest BCUT2D eigenvalue weighted by atomic mass is 10.0. The van der Waals surface area contributed by atoms with Gasteiger partial charge in [0, 0.05) is 31.9 Å². The van der Waals surface area contributed by atoms with E-state index in [1.54, 1.807) is 36.3 Å². The van der Waals surface area contributed by atoms with Crippen molar-refractivity contribution in [3.05, 3.63) is 47.6 Å². The van der Waals surface area contributed by atoms with Gasteiger partial charge >= 0.3 is 0 Å². The minimum absolute atomic E-state index is 0.122. The molecule has 1 fully saturated rings. The third kappa shape index (κ3) is 6.35. The quantitative estimate of drug-likeness (QED) is 0.600. The van der Waals surface area contributed by atoms with Crippen LogP contribution in [0.25, 0.3) is 0 Å². The van der Waals surface area contributed by atoms with Crippen molar-refractivity contribution >= 4 is 38.9 Å². The van der Waals surface area contributed by atoms with Crippen LogP contribution in [0.2, 0.25) is 0 Å². The van der Waals surface area contributed by atoms with Crippen LogP contribution in [0.4, 0.5) is 10.1 Å². The molecule has 1 atom stereocenters. The highest BCUT2D eigenvalue weighted by atomic mass is 32.2. The van der Waals surface area contributed by atoms with E-state index in [4.69, 9.17) is 0 Å². The van der Waals surface area contributed by atoms with Crippen LogP contribution in [-0.2, 0) is 19.6 Å². The number of nitrogens with one attached hydrogen (secondary N) is 2. The Hall–Kier alpha value is -2.34. The summed E-state index contributed by atoms with van der Waals surface area (Å²) in [6.07, 6.45) is 0. The molecule has 0 saturated carbocycles. The maximum Gasteiger partial charge on any atom is 0.250 e. The monoisotopic (exact) mass is 482 g/mol. The number of hydrogen-bond donors (Lipinski definition) is 2. The fraction of sp³-hybridized carbons (Fsp3) is 0.429. The van der Waals surface area contributed by atoms with Crippen molar-refractivity contribution in [2.45, 2.75) is 24.1 Å². The molecular weight excluding hydrogens is 455 g/mol. The zero-order valence-corrected chi connectivity index (χ0v) is 19.6. The summed E-state index contributed by atoms with van der Waals surface area (Å²) in [6, 6.07) is 7.96. The van der Waals surface area contributed by atoms with E-state index in [9.17, 15) is 22.4 Å². The first-order valence-corrected chi connectivity index (χ1v) is 12.6. The molecule has 3 rings (SSSR count). The molecule has 1 aliphatic heterocycles. The van der Waals surface area contributed by atoms with E-state index in [-0.39, 0.29) is 28.5 Å². The molecule has 2 amide bonds. The topological polar surface area (TPSA) is 98.8 Å². The summed E-state index contributed by atoms with van der Waals surface area (Å²) >= 11 is 1.10. The lowest BCUT2D eigenvalue weighted by Crippen LogP contribution is -2.56. The van der Waals surface area contributed by atoms with Gasteiger partial charge in [-0.05, 0) is 35.6 Å². The van der Waals surface area contributed by atoms with Crippen molar-refractivity contribution in [2.75, 3.05) is 38.0 Å². The molecule has 1 aliphatic rings. The molecule has 8 nitrogen and oxygen atoms in total. The van der Waals surface area contributed by atoms with Crippen LogP contribution >= 0.6 is 11.3 Å². The fourth-order valence-electron chi connectivity index (χ4n) is 3.41. The average molecular weight is 483 g/mol. The highest BCUT2D eigenvalue weighted by molar-refractivity contribution is 7.91. The van der Waals surface area contributed by atoms with Gasteiger partial charge in [-0.15, -0.1) is 11.3 Å². The van der Waals surface area contributed by atoms with Crippen LogP contribution in [0.15, 0.2) is 46.0 Å². The first-order valence-electron chi connectivity index (χ1n) is 10.3. The van der Waals surface area contributed by atoms with Gasteiger partial charge in [-0.1, -0.05) is 26.0 Å². The molecule has 1 unspecified atom stereocenters. The van der Waals surface area contributed by atoms with Crippen LogP contribution in [0.5, 0.6) is 0 Å².